The lowest BCUT2D eigenvalue weighted by Crippen LogP contribution is -2.45. The molecule has 178 valence electrons. The molecule has 0 amide bonds. The van der Waals surface area contributed by atoms with Gasteiger partial charge in [0.25, 0.3) is 5.89 Å². The first kappa shape index (κ1) is 21.2. The van der Waals surface area contributed by atoms with Crippen LogP contribution in [0, 0.1) is 5.92 Å². The molecule has 2 aromatic rings. The Morgan fingerprint density at radius 3 is 2.73 bits per heavy atom. The van der Waals surface area contributed by atoms with Gasteiger partial charge in [-0.15, -0.1) is 10.2 Å². The van der Waals surface area contributed by atoms with Crippen LogP contribution in [-0.2, 0) is 16.8 Å². The third-order valence-corrected chi connectivity index (χ3v) is 7.61. The van der Waals surface area contributed by atoms with Crippen LogP contribution >= 0.6 is 11.6 Å². The van der Waals surface area contributed by atoms with Gasteiger partial charge in [-0.25, -0.2) is 4.39 Å². The van der Waals surface area contributed by atoms with E-state index >= 15 is 4.39 Å². The Morgan fingerprint density at radius 1 is 1.27 bits per heavy atom. The van der Waals surface area contributed by atoms with Gasteiger partial charge in [-0.2, -0.15) is 0 Å². The highest BCUT2D eigenvalue weighted by atomic mass is 35.5. The standard InChI is InChI=1S/C24H29ClFN3O4/c1-14-6-5-7-18(31-4)24(14)13-16-17(30-3)12-15(19(25)20(16)33-24)21-27-28-22(32-21)23(26)8-10-29(2)11-9-23/h7,12,14H,5-6,8-11,13H2,1-4H3/t14-,24+/m1/s1/i5D/t5?,14-,24+. The van der Waals surface area contributed by atoms with Crippen LogP contribution in [0.15, 0.2) is 22.3 Å². The van der Waals surface area contributed by atoms with Gasteiger partial charge in [-0.1, -0.05) is 18.5 Å². The Morgan fingerprint density at radius 2 is 2.03 bits per heavy atom. The molecule has 1 aromatic heterocycles. The highest BCUT2D eigenvalue weighted by molar-refractivity contribution is 6.35. The fraction of sp³-hybridized carbons (Fsp3) is 0.583. The Balaban J connectivity index is 1.54. The molecule has 7 nitrogen and oxygen atoms in total. The Hall–Kier alpha value is -2.32. The largest absolute Gasteiger partial charge is 0.497 e. The minimum atomic E-state index is -1.66. The van der Waals surface area contributed by atoms with Crippen molar-refractivity contribution in [3.05, 3.63) is 34.4 Å². The second kappa shape index (κ2) is 8.17. The highest BCUT2D eigenvalue weighted by Crippen LogP contribution is 2.54. The number of halogens is 2. The average Bonchev–Trinajstić information content (AvgIpc) is 3.46. The van der Waals surface area contributed by atoms with Crippen molar-refractivity contribution in [2.24, 2.45) is 5.92 Å². The van der Waals surface area contributed by atoms with Crippen molar-refractivity contribution in [2.75, 3.05) is 34.4 Å². The van der Waals surface area contributed by atoms with Gasteiger partial charge in [0.05, 0.1) is 24.8 Å². The van der Waals surface area contributed by atoms with Crippen LogP contribution < -0.4 is 9.47 Å². The topological polar surface area (TPSA) is 69.9 Å². The first-order chi connectivity index (χ1) is 16.2. The quantitative estimate of drug-likeness (QED) is 0.617. The van der Waals surface area contributed by atoms with Gasteiger partial charge >= 0.3 is 0 Å². The molecule has 1 aromatic carbocycles. The fourth-order valence-corrected chi connectivity index (χ4v) is 5.34. The monoisotopic (exact) mass is 478 g/mol. The minimum absolute atomic E-state index is 0.0115. The second-order valence-electron chi connectivity index (χ2n) is 9.20. The summed E-state index contributed by atoms with van der Waals surface area (Å²) in [6.07, 6.45) is 3.14. The summed E-state index contributed by atoms with van der Waals surface area (Å²) in [6, 6.07) is 1.73. The van der Waals surface area contributed by atoms with Crippen LogP contribution in [0.2, 0.25) is 5.02 Å². The molecule has 1 fully saturated rings. The molecule has 1 aliphatic carbocycles. The molecule has 1 unspecified atom stereocenters. The maximum atomic E-state index is 15.5. The number of ether oxygens (including phenoxy) is 3. The van der Waals surface area contributed by atoms with E-state index in [0.29, 0.717) is 66.6 Å². The summed E-state index contributed by atoms with van der Waals surface area (Å²) >= 11 is 6.83. The molecule has 9 heteroatoms. The van der Waals surface area contributed by atoms with E-state index in [2.05, 4.69) is 15.1 Å². The molecular weight excluding hydrogens is 449 g/mol. The van der Waals surface area contributed by atoms with E-state index in [4.69, 9.17) is 31.6 Å². The number of piperidine rings is 1. The molecule has 5 rings (SSSR count). The third kappa shape index (κ3) is 3.49. The molecule has 3 aliphatic rings. The number of allylic oxidation sites excluding steroid dienone is 1. The number of nitrogens with zero attached hydrogens (tertiary/aromatic N) is 3. The van der Waals surface area contributed by atoms with Gasteiger partial charge in [0.15, 0.2) is 11.3 Å². The van der Waals surface area contributed by atoms with E-state index < -0.39 is 11.3 Å². The van der Waals surface area contributed by atoms with Crippen LogP contribution in [-0.4, -0.2) is 55.1 Å². The number of alkyl halides is 1. The maximum absolute atomic E-state index is 15.5. The fourth-order valence-electron chi connectivity index (χ4n) is 5.05. The first-order valence-electron chi connectivity index (χ1n) is 11.8. The number of likely N-dealkylation sites (tertiary alicyclic amines) is 1. The lowest BCUT2D eigenvalue weighted by molar-refractivity contribution is 0.00900. The zero-order chi connectivity index (χ0) is 24.3. The number of benzene rings is 1. The van der Waals surface area contributed by atoms with E-state index in [9.17, 15) is 0 Å². The number of hydrogen-bond acceptors (Lipinski definition) is 7. The van der Waals surface area contributed by atoms with Crippen LogP contribution in [0.4, 0.5) is 4.39 Å². The Bertz CT molecular complexity index is 1130. The molecule has 33 heavy (non-hydrogen) atoms. The zero-order valence-corrected chi connectivity index (χ0v) is 20.0. The lowest BCUT2D eigenvalue weighted by Gasteiger charge is -2.38. The van der Waals surface area contributed by atoms with E-state index in [1.165, 1.54) is 0 Å². The van der Waals surface area contributed by atoms with Crippen LogP contribution in [0.5, 0.6) is 11.5 Å². The van der Waals surface area contributed by atoms with Crippen molar-refractivity contribution in [1.29, 1.82) is 0 Å². The summed E-state index contributed by atoms with van der Waals surface area (Å²) in [5.41, 5.74) is -1.20. The van der Waals surface area contributed by atoms with Gasteiger partial charge in [0.2, 0.25) is 5.89 Å². The predicted molar refractivity (Wildman–Crippen MR) is 121 cm³/mol. The first-order valence-corrected chi connectivity index (χ1v) is 11.6. The Kier molecular flexibility index (Phi) is 5.25. The smallest absolute Gasteiger partial charge is 0.254 e. The van der Waals surface area contributed by atoms with Gasteiger partial charge in [-0.3, -0.25) is 0 Å². The minimum Gasteiger partial charge on any atom is -0.497 e. The summed E-state index contributed by atoms with van der Waals surface area (Å²) < 4.78 is 47.4. The van der Waals surface area contributed by atoms with Crippen molar-refractivity contribution < 1.29 is 24.4 Å². The lowest BCUT2D eigenvalue weighted by atomic mass is 9.77. The summed E-state index contributed by atoms with van der Waals surface area (Å²) in [4.78, 5) is 2.07. The molecule has 0 bridgehead atoms. The van der Waals surface area contributed by atoms with E-state index in [-0.39, 0.29) is 24.1 Å². The van der Waals surface area contributed by atoms with Crippen molar-refractivity contribution >= 4 is 11.6 Å². The number of rotatable bonds is 4. The summed E-state index contributed by atoms with van der Waals surface area (Å²) in [7, 11) is 5.12. The molecule has 0 N–H and O–H groups in total. The van der Waals surface area contributed by atoms with Crippen LogP contribution in [0.3, 0.4) is 0 Å². The van der Waals surface area contributed by atoms with Gasteiger partial charge in [-0.05, 0) is 32.0 Å². The van der Waals surface area contributed by atoms with Crippen molar-refractivity contribution in [2.45, 2.75) is 50.3 Å². The maximum Gasteiger partial charge on any atom is 0.254 e. The number of hydrogen-bond donors (Lipinski definition) is 0. The average molecular weight is 479 g/mol. The van der Waals surface area contributed by atoms with E-state index in [0.717, 1.165) is 5.56 Å². The Labute approximate surface area is 199 Å². The summed E-state index contributed by atoms with van der Waals surface area (Å²) in [5, 5.41) is 8.45. The predicted octanol–water partition coefficient (Wildman–Crippen LogP) is 4.92. The zero-order valence-electron chi connectivity index (χ0n) is 20.3. The van der Waals surface area contributed by atoms with Crippen molar-refractivity contribution in [3.63, 3.8) is 0 Å². The van der Waals surface area contributed by atoms with E-state index in [1.807, 2.05) is 14.0 Å². The van der Waals surface area contributed by atoms with Gasteiger partial charge < -0.3 is 23.5 Å². The summed E-state index contributed by atoms with van der Waals surface area (Å²) in [5.74, 6) is 1.74. The molecule has 0 saturated carbocycles. The number of aromatic nitrogens is 2. The normalized spacial score (nSPS) is 29.3. The summed E-state index contributed by atoms with van der Waals surface area (Å²) in [6.45, 7) is 3.28. The van der Waals surface area contributed by atoms with Crippen LogP contribution in [0.1, 0.15) is 45.4 Å². The van der Waals surface area contributed by atoms with E-state index in [1.54, 1.807) is 26.4 Å². The number of fused-ring (bicyclic) bond motifs is 1. The van der Waals surface area contributed by atoms with Gasteiger partial charge in [0, 0.05) is 45.2 Å². The molecule has 0 radical (unpaired) electrons. The van der Waals surface area contributed by atoms with Crippen LogP contribution in [0.25, 0.3) is 11.5 Å². The molecular formula is C24H29ClFN3O4. The van der Waals surface area contributed by atoms with Gasteiger partial charge in [0.1, 0.15) is 17.3 Å². The molecule has 3 atom stereocenters. The molecule has 1 saturated heterocycles. The molecule has 1 spiro atoms. The molecule has 2 aliphatic heterocycles. The molecule has 3 heterocycles. The SMILES string of the molecule is [2H]C1C=C(OC)[C@]2(Cc3c(OC)cc(-c4nnc(C5(F)CCN(C)CC5)o4)c(Cl)c3O2)[C@H](C)C1. The van der Waals surface area contributed by atoms with Crippen molar-refractivity contribution in [3.8, 4) is 23.0 Å². The number of methoxy groups -OCH3 is 2. The third-order valence-electron chi connectivity index (χ3n) is 7.24. The second-order valence-corrected chi connectivity index (χ2v) is 9.58. The van der Waals surface area contributed by atoms with Crippen molar-refractivity contribution in [1.82, 2.24) is 15.1 Å². The highest BCUT2D eigenvalue weighted by Gasteiger charge is 2.52.